The minimum atomic E-state index is -4.98. The van der Waals surface area contributed by atoms with Gasteiger partial charge >= 0.3 is 12.4 Å². The van der Waals surface area contributed by atoms with E-state index in [0.29, 0.717) is 28.8 Å². The lowest BCUT2D eigenvalue weighted by Crippen LogP contribution is -2.38. The molecular formula is C26H22F6N2O2. The van der Waals surface area contributed by atoms with Gasteiger partial charge in [0.15, 0.2) is 0 Å². The number of pyridine rings is 1. The molecular weight excluding hydrogens is 486 g/mol. The van der Waals surface area contributed by atoms with Gasteiger partial charge in [-0.05, 0) is 41.8 Å². The molecule has 0 N–H and O–H groups in total. The third kappa shape index (κ3) is 5.32. The zero-order valence-electron chi connectivity index (χ0n) is 19.4. The number of alkyl halides is 6. The lowest BCUT2D eigenvalue weighted by atomic mass is 9.95. The number of aryl methyl sites for hydroxylation is 1. The van der Waals surface area contributed by atoms with Gasteiger partial charge in [0, 0.05) is 30.8 Å². The molecule has 2 aromatic carbocycles. The highest BCUT2D eigenvalue weighted by atomic mass is 19.4. The Morgan fingerprint density at radius 2 is 1.58 bits per heavy atom. The number of aromatic nitrogens is 1. The van der Waals surface area contributed by atoms with Crippen LogP contribution in [-0.2, 0) is 18.9 Å². The molecule has 4 nitrogen and oxygen atoms in total. The second-order valence-corrected chi connectivity index (χ2v) is 8.88. The van der Waals surface area contributed by atoms with E-state index >= 15 is 0 Å². The van der Waals surface area contributed by atoms with Crippen LogP contribution in [0.1, 0.15) is 39.5 Å². The van der Waals surface area contributed by atoms with Crippen molar-refractivity contribution in [2.75, 3.05) is 13.2 Å². The fourth-order valence-electron chi connectivity index (χ4n) is 4.23. The maximum atomic E-state index is 13.8. The van der Waals surface area contributed by atoms with Crippen molar-refractivity contribution < 1.29 is 35.9 Å². The maximum Gasteiger partial charge on any atom is 0.416 e. The van der Waals surface area contributed by atoms with E-state index in [0.717, 1.165) is 0 Å². The Morgan fingerprint density at radius 1 is 0.972 bits per heavy atom. The predicted octanol–water partition coefficient (Wildman–Crippen LogP) is 6.77. The highest BCUT2D eigenvalue weighted by molar-refractivity contribution is 6.03. The summed E-state index contributed by atoms with van der Waals surface area (Å²) in [6.07, 6.45) is -8.40. The molecule has 0 spiro atoms. The molecule has 36 heavy (non-hydrogen) atoms. The van der Waals surface area contributed by atoms with E-state index in [1.807, 2.05) is 6.07 Å². The number of hydrogen-bond donors (Lipinski definition) is 0. The first-order chi connectivity index (χ1) is 16.8. The van der Waals surface area contributed by atoms with Crippen LogP contribution in [0.5, 0.6) is 5.88 Å². The van der Waals surface area contributed by atoms with Gasteiger partial charge in [-0.3, -0.25) is 4.79 Å². The van der Waals surface area contributed by atoms with Crippen molar-refractivity contribution in [1.82, 2.24) is 9.88 Å². The average molecular weight is 508 g/mol. The lowest BCUT2D eigenvalue weighted by molar-refractivity contribution is -0.143. The molecule has 0 radical (unpaired) electrons. The normalized spacial score (nSPS) is 16.7. The van der Waals surface area contributed by atoms with E-state index in [1.165, 1.54) is 4.90 Å². The maximum absolute atomic E-state index is 13.8. The van der Waals surface area contributed by atoms with Crippen LogP contribution >= 0.6 is 0 Å². The molecule has 1 aliphatic heterocycles. The molecule has 190 valence electrons. The molecule has 0 unspecified atom stereocenters. The number of halogens is 6. The highest BCUT2D eigenvalue weighted by Gasteiger charge is 2.37. The molecule has 2 heterocycles. The summed E-state index contributed by atoms with van der Waals surface area (Å²) in [4.78, 5) is 19.3. The van der Waals surface area contributed by atoms with Gasteiger partial charge in [-0.25, -0.2) is 4.98 Å². The molecule has 1 aromatic heterocycles. The molecule has 4 rings (SSSR count). The van der Waals surface area contributed by atoms with E-state index < -0.39 is 35.9 Å². The van der Waals surface area contributed by atoms with E-state index in [1.54, 1.807) is 44.3 Å². The number of hydrogen-bond acceptors (Lipinski definition) is 3. The van der Waals surface area contributed by atoms with Gasteiger partial charge in [0.05, 0.1) is 17.7 Å². The van der Waals surface area contributed by atoms with Gasteiger partial charge in [-0.15, -0.1) is 0 Å². The Labute approximate surface area is 203 Å². The minimum Gasteiger partial charge on any atom is -0.477 e. The van der Waals surface area contributed by atoms with Crippen LogP contribution in [0.2, 0.25) is 0 Å². The van der Waals surface area contributed by atoms with Crippen LogP contribution < -0.4 is 4.74 Å². The average Bonchev–Trinajstić information content (AvgIpc) is 2.80. The molecule has 1 amide bonds. The van der Waals surface area contributed by atoms with Crippen LogP contribution in [0.4, 0.5) is 26.3 Å². The van der Waals surface area contributed by atoms with Crippen molar-refractivity contribution >= 4 is 5.91 Å². The van der Waals surface area contributed by atoms with Gasteiger partial charge in [0.2, 0.25) is 5.88 Å². The summed E-state index contributed by atoms with van der Waals surface area (Å²) >= 11 is 0. The molecule has 1 atom stereocenters. The van der Waals surface area contributed by atoms with Crippen molar-refractivity contribution in [1.29, 1.82) is 0 Å². The fourth-order valence-corrected chi connectivity index (χ4v) is 4.23. The summed E-state index contributed by atoms with van der Waals surface area (Å²) in [6, 6.07) is 10.3. The Bertz CT molecular complexity index is 1240. The van der Waals surface area contributed by atoms with Gasteiger partial charge in [-0.1, -0.05) is 37.3 Å². The van der Waals surface area contributed by atoms with Gasteiger partial charge in [-0.2, -0.15) is 26.3 Å². The first-order valence-corrected chi connectivity index (χ1v) is 11.1. The number of amides is 1. The highest BCUT2D eigenvalue weighted by Crippen LogP contribution is 2.38. The van der Waals surface area contributed by atoms with Crippen molar-refractivity contribution in [2.24, 2.45) is 5.92 Å². The SMILES string of the molecule is Cc1cnc2c(c1-c1ccccc1)C(=O)N(Cc1cc(C(F)(F)F)cc(C(F)(F)F)c1)C[C@H](C)CO2. The largest absolute Gasteiger partial charge is 0.477 e. The fraction of sp³-hybridized carbons (Fsp3) is 0.308. The molecule has 0 saturated carbocycles. The van der Waals surface area contributed by atoms with Gasteiger partial charge in [0.25, 0.3) is 5.91 Å². The summed E-state index contributed by atoms with van der Waals surface area (Å²) in [5, 5.41) is 0. The van der Waals surface area contributed by atoms with Crippen molar-refractivity contribution in [2.45, 2.75) is 32.7 Å². The smallest absolute Gasteiger partial charge is 0.416 e. The first kappa shape index (κ1) is 25.5. The molecule has 10 heteroatoms. The molecule has 0 aliphatic carbocycles. The van der Waals surface area contributed by atoms with Crippen molar-refractivity contribution in [3.63, 3.8) is 0 Å². The number of carbonyl (C=O) groups is 1. The van der Waals surface area contributed by atoms with Crippen LogP contribution in [-0.4, -0.2) is 28.9 Å². The van der Waals surface area contributed by atoms with Crippen LogP contribution in [0.15, 0.2) is 54.7 Å². The van der Waals surface area contributed by atoms with Crippen LogP contribution in [0.3, 0.4) is 0 Å². The Hall–Kier alpha value is -3.56. The topological polar surface area (TPSA) is 42.4 Å². The van der Waals surface area contributed by atoms with Crippen LogP contribution in [0.25, 0.3) is 11.1 Å². The number of carbonyl (C=O) groups excluding carboxylic acids is 1. The number of ether oxygens (including phenoxy) is 1. The third-order valence-electron chi connectivity index (χ3n) is 5.85. The Balaban J connectivity index is 1.82. The molecule has 0 saturated heterocycles. The molecule has 0 bridgehead atoms. The van der Waals surface area contributed by atoms with Crippen molar-refractivity contribution in [3.8, 4) is 17.0 Å². The third-order valence-corrected chi connectivity index (χ3v) is 5.85. The predicted molar refractivity (Wildman–Crippen MR) is 120 cm³/mol. The van der Waals surface area contributed by atoms with Gasteiger partial charge < -0.3 is 9.64 Å². The summed E-state index contributed by atoms with van der Waals surface area (Å²) in [5.41, 5.74) is -1.08. The standard InChI is InChI=1S/C26H22F6N2O2/c1-15-12-34(13-17-8-19(25(27,28)29)10-20(9-17)26(30,31)32)24(35)22-21(18-6-4-3-5-7-18)16(2)11-33-23(22)36-14-15/h3-11,15H,12-14H2,1-2H3/t15-/m0/s1. The quantitative estimate of drug-likeness (QED) is 0.367. The van der Waals surface area contributed by atoms with Gasteiger partial charge in [0.1, 0.15) is 5.56 Å². The van der Waals surface area contributed by atoms with E-state index in [2.05, 4.69) is 4.98 Å². The summed E-state index contributed by atoms with van der Waals surface area (Å²) in [5.74, 6) is -0.767. The molecule has 0 fully saturated rings. The second-order valence-electron chi connectivity index (χ2n) is 8.88. The monoisotopic (exact) mass is 508 g/mol. The number of rotatable bonds is 3. The van der Waals surface area contributed by atoms with Crippen molar-refractivity contribution in [3.05, 3.63) is 82.5 Å². The first-order valence-electron chi connectivity index (χ1n) is 11.1. The minimum absolute atomic E-state index is 0.0675. The Morgan fingerprint density at radius 3 is 2.17 bits per heavy atom. The van der Waals surface area contributed by atoms with E-state index in [-0.39, 0.29) is 42.1 Å². The molecule has 3 aromatic rings. The van der Waals surface area contributed by atoms with Crippen LogP contribution in [0, 0.1) is 12.8 Å². The second kappa shape index (κ2) is 9.48. The molecule has 1 aliphatic rings. The van der Waals surface area contributed by atoms with E-state index in [9.17, 15) is 31.1 Å². The zero-order chi connectivity index (χ0) is 26.3. The number of fused-ring (bicyclic) bond motifs is 1. The summed E-state index contributed by atoms with van der Waals surface area (Å²) in [6.45, 7) is 3.31. The summed E-state index contributed by atoms with van der Waals surface area (Å²) < 4.78 is 86.1. The number of nitrogens with zero attached hydrogens (tertiary/aromatic N) is 2. The Kier molecular flexibility index (Phi) is 6.72. The number of benzene rings is 2. The van der Waals surface area contributed by atoms with E-state index in [4.69, 9.17) is 4.74 Å². The summed E-state index contributed by atoms with van der Waals surface area (Å²) in [7, 11) is 0. The zero-order valence-corrected chi connectivity index (χ0v) is 19.4. The lowest BCUT2D eigenvalue weighted by Gasteiger charge is -2.31.